The fourth-order valence-electron chi connectivity index (χ4n) is 3.31. The summed E-state index contributed by atoms with van der Waals surface area (Å²) in [5.41, 5.74) is 1.66. The molecule has 0 bridgehead atoms. The molecule has 7 heteroatoms. The molecule has 7 nitrogen and oxygen atoms in total. The Morgan fingerprint density at radius 1 is 1.19 bits per heavy atom. The number of carbonyl (C=O) groups excluding carboxylic acids is 2. The number of rotatable bonds is 5. The molecule has 1 unspecified atom stereocenters. The summed E-state index contributed by atoms with van der Waals surface area (Å²) >= 11 is 0. The average Bonchev–Trinajstić information content (AvgIpc) is 3.32. The molecule has 0 aliphatic carbocycles. The minimum Gasteiger partial charge on any atom is -0.497 e. The maximum Gasteiger partial charge on any atom is 0.239 e. The lowest BCUT2D eigenvalue weighted by Gasteiger charge is -2.17. The molecule has 2 amide bonds. The van der Waals surface area contributed by atoms with E-state index in [1.165, 1.54) is 0 Å². The lowest BCUT2D eigenvalue weighted by atomic mass is 10.1. The molecule has 0 aromatic heterocycles. The van der Waals surface area contributed by atoms with Gasteiger partial charge in [-0.25, -0.2) is 0 Å². The molecule has 4 rings (SSSR count). The zero-order valence-electron chi connectivity index (χ0n) is 14.9. The van der Waals surface area contributed by atoms with Crippen LogP contribution in [0.25, 0.3) is 0 Å². The Morgan fingerprint density at radius 2 is 1.96 bits per heavy atom. The summed E-state index contributed by atoms with van der Waals surface area (Å²) in [6, 6.07) is 12.8. The van der Waals surface area contributed by atoms with Gasteiger partial charge in [0.15, 0.2) is 11.5 Å². The summed E-state index contributed by atoms with van der Waals surface area (Å²) < 4.78 is 15.7. The van der Waals surface area contributed by atoms with E-state index in [1.54, 1.807) is 24.1 Å². The van der Waals surface area contributed by atoms with Crippen LogP contribution in [0, 0.1) is 5.92 Å². The van der Waals surface area contributed by atoms with E-state index in [1.807, 2.05) is 30.3 Å². The van der Waals surface area contributed by atoms with Gasteiger partial charge in [0, 0.05) is 18.8 Å². The van der Waals surface area contributed by atoms with Crippen molar-refractivity contribution >= 4 is 17.5 Å². The highest BCUT2D eigenvalue weighted by Gasteiger charge is 2.37. The van der Waals surface area contributed by atoms with E-state index in [9.17, 15) is 9.59 Å². The highest BCUT2D eigenvalue weighted by atomic mass is 16.7. The Morgan fingerprint density at radius 3 is 2.74 bits per heavy atom. The topological polar surface area (TPSA) is 77.1 Å². The van der Waals surface area contributed by atoms with Gasteiger partial charge in [-0.1, -0.05) is 6.07 Å². The fourth-order valence-corrected chi connectivity index (χ4v) is 3.31. The number of fused-ring (bicyclic) bond motifs is 1. The van der Waals surface area contributed by atoms with Gasteiger partial charge >= 0.3 is 0 Å². The van der Waals surface area contributed by atoms with Crippen LogP contribution in [0.5, 0.6) is 17.2 Å². The van der Waals surface area contributed by atoms with E-state index in [2.05, 4.69) is 5.32 Å². The van der Waals surface area contributed by atoms with Crippen molar-refractivity contribution in [3.63, 3.8) is 0 Å². The van der Waals surface area contributed by atoms with Crippen molar-refractivity contribution in [3.05, 3.63) is 48.0 Å². The fraction of sp³-hybridized carbons (Fsp3) is 0.300. The molecular weight excluding hydrogens is 348 g/mol. The van der Waals surface area contributed by atoms with Gasteiger partial charge in [-0.3, -0.25) is 9.59 Å². The molecule has 0 spiro atoms. The average molecular weight is 368 g/mol. The predicted molar refractivity (Wildman–Crippen MR) is 97.9 cm³/mol. The van der Waals surface area contributed by atoms with Crippen LogP contribution in [-0.4, -0.2) is 32.3 Å². The van der Waals surface area contributed by atoms with Crippen molar-refractivity contribution in [1.29, 1.82) is 0 Å². The van der Waals surface area contributed by atoms with Crippen molar-refractivity contribution < 1.29 is 23.8 Å². The number of benzene rings is 2. The quantitative estimate of drug-likeness (QED) is 0.818. The zero-order valence-corrected chi connectivity index (χ0v) is 14.9. The van der Waals surface area contributed by atoms with Gasteiger partial charge in [0.05, 0.1) is 7.11 Å². The Hall–Kier alpha value is -3.22. The van der Waals surface area contributed by atoms with E-state index >= 15 is 0 Å². The Balaban J connectivity index is 1.37. The van der Waals surface area contributed by atoms with E-state index in [0.29, 0.717) is 31.0 Å². The van der Waals surface area contributed by atoms with Crippen LogP contribution in [0.15, 0.2) is 42.5 Å². The Bertz CT molecular complexity index is 865. The van der Waals surface area contributed by atoms with Gasteiger partial charge < -0.3 is 24.4 Å². The van der Waals surface area contributed by atoms with Crippen molar-refractivity contribution in [3.8, 4) is 17.2 Å². The number of nitrogens with zero attached hydrogens (tertiary/aromatic N) is 1. The summed E-state index contributed by atoms with van der Waals surface area (Å²) in [6.07, 6.45) is 0.498. The molecule has 2 aliphatic heterocycles. The van der Waals surface area contributed by atoms with E-state index < -0.39 is 5.92 Å². The molecule has 2 aromatic rings. The lowest BCUT2D eigenvalue weighted by Crippen LogP contribution is -2.36. The van der Waals surface area contributed by atoms with Crippen LogP contribution in [0.3, 0.4) is 0 Å². The third-order valence-electron chi connectivity index (χ3n) is 4.81. The summed E-state index contributed by atoms with van der Waals surface area (Å²) in [5, 5.41) is 2.85. The molecule has 2 aromatic carbocycles. The molecule has 0 saturated carbocycles. The standard InChI is InChI=1S/C20H20N2O5/c1-25-15-5-3-14(4-6-15)22-9-8-16(20(22)24)19(23)21-11-13-2-7-17-18(10-13)27-12-26-17/h2-7,10,16H,8-9,11-12H2,1H3,(H,21,23). The maximum atomic E-state index is 12.7. The normalized spacial score (nSPS) is 17.9. The van der Waals surface area contributed by atoms with E-state index in [4.69, 9.17) is 14.2 Å². The van der Waals surface area contributed by atoms with Crippen LogP contribution in [-0.2, 0) is 16.1 Å². The predicted octanol–water partition coefficient (Wildman–Crippen LogP) is 2.09. The van der Waals surface area contributed by atoms with Crippen LogP contribution < -0.4 is 24.4 Å². The number of methoxy groups -OCH3 is 1. The molecule has 140 valence electrons. The van der Waals surface area contributed by atoms with Gasteiger partial charge in [-0.15, -0.1) is 0 Å². The number of hydrogen-bond donors (Lipinski definition) is 1. The summed E-state index contributed by atoms with van der Waals surface area (Å²) in [4.78, 5) is 26.8. The number of ether oxygens (including phenoxy) is 3. The SMILES string of the molecule is COc1ccc(N2CCC(C(=O)NCc3ccc4c(c3)OCO4)C2=O)cc1. The van der Waals surface area contributed by atoms with E-state index in [0.717, 1.165) is 17.0 Å². The molecular formula is C20H20N2O5. The minimum atomic E-state index is -0.666. The smallest absolute Gasteiger partial charge is 0.239 e. The molecule has 2 aliphatic rings. The summed E-state index contributed by atoms with van der Waals surface area (Å²) in [6.45, 7) is 1.07. The monoisotopic (exact) mass is 368 g/mol. The van der Waals surface area contributed by atoms with Crippen molar-refractivity contribution in [1.82, 2.24) is 5.32 Å². The van der Waals surface area contributed by atoms with Gasteiger partial charge in [0.2, 0.25) is 18.6 Å². The van der Waals surface area contributed by atoms with Crippen molar-refractivity contribution in [2.75, 3.05) is 25.3 Å². The second kappa shape index (κ2) is 7.19. The van der Waals surface area contributed by atoms with Crippen molar-refractivity contribution in [2.45, 2.75) is 13.0 Å². The molecule has 27 heavy (non-hydrogen) atoms. The third kappa shape index (κ3) is 3.40. The molecule has 1 fully saturated rings. The summed E-state index contributed by atoms with van der Waals surface area (Å²) in [5.74, 6) is 0.997. The first-order valence-electron chi connectivity index (χ1n) is 8.77. The number of nitrogens with one attached hydrogen (secondary N) is 1. The molecule has 0 radical (unpaired) electrons. The van der Waals surface area contributed by atoms with Gasteiger partial charge in [0.1, 0.15) is 11.7 Å². The van der Waals surface area contributed by atoms with Gasteiger partial charge in [-0.2, -0.15) is 0 Å². The lowest BCUT2D eigenvalue weighted by molar-refractivity contribution is -0.132. The van der Waals surface area contributed by atoms with Crippen molar-refractivity contribution in [2.24, 2.45) is 5.92 Å². The Kier molecular flexibility index (Phi) is 4.58. The van der Waals surface area contributed by atoms with E-state index in [-0.39, 0.29) is 18.6 Å². The molecule has 1 atom stereocenters. The first kappa shape index (κ1) is 17.2. The third-order valence-corrected chi connectivity index (χ3v) is 4.81. The molecule has 1 saturated heterocycles. The number of hydrogen-bond acceptors (Lipinski definition) is 5. The van der Waals surface area contributed by atoms with Gasteiger partial charge in [0.25, 0.3) is 0 Å². The van der Waals surface area contributed by atoms with Crippen LogP contribution in [0.1, 0.15) is 12.0 Å². The van der Waals surface area contributed by atoms with Crippen LogP contribution in [0.2, 0.25) is 0 Å². The number of carbonyl (C=O) groups is 2. The first-order chi connectivity index (χ1) is 13.2. The number of anilines is 1. The molecule has 1 N–H and O–H groups in total. The zero-order chi connectivity index (χ0) is 18.8. The maximum absolute atomic E-state index is 12.7. The largest absolute Gasteiger partial charge is 0.497 e. The highest BCUT2D eigenvalue weighted by Crippen LogP contribution is 2.32. The first-order valence-corrected chi connectivity index (χ1v) is 8.77. The Labute approximate surface area is 156 Å². The molecule has 2 heterocycles. The summed E-state index contributed by atoms with van der Waals surface area (Å²) in [7, 11) is 1.59. The van der Waals surface area contributed by atoms with Crippen LogP contribution >= 0.6 is 0 Å². The van der Waals surface area contributed by atoms with Crippen LogP contribution in [0.4, 0.5) is 5.69 Å². The second-order valence-electron chi connectivity index (χ2n) is 6.43. The van der Waals surface area contributed by atoms with Gasteiger partial charge in [-0.05, 0) is 48.4 Å². The second-order valence-corrected chi connectivity index (χ2v) is 6.43. The number of amides is 2. The minimum absolute atomic E-state index is 0.177. The highest BCUT2D eigenvalue weighted by molar-refractivity contribution is 6.09.